The minimum Gasteiger partial charge on any atom is -0.391 e. The van der Waals surface area contributed by atoms with Gasteiger partial charge in [-0.1, -0.05) is 0 Å². The first-order valence-corrected chi connectivity index (χ1v) is 2.47. The largest absolute Gasteiger partial charge is 0.391 e. The third kappa shape index (κ3) is 9.83. The molecule has 0 aliphatic heterocycles. The van der Waals surface area contributed by atoms with Gasteiger partial charge in [-0.2, -0.15) is 0 Å². The van der Waals surface area contributed by atoms with Crippen molar-refractivity contribution in [3.63, 3.8) is 0 Å². The molecule has 0 atom stereocenters. The van der Waals surface area contributed by atoms with Gasteiger partial charge >= 0.3 is 0 Å². The number of nitrogens with zero attached hydrogens (tertiary/aromatic N) is 1. The first-order valence-electron chi connectivity index (χ1n) is 2.47. The van der Waals surface area contributed by atoms with Gasteiger partial charge in [0.15, 0.2) is 0 Å². The summed E-state index contributed by atoms with van der Waals surface area (Å²) < 4.78 is 0.844. The Balaban J connectivity index is 0. The van der Waals surface area contributed by atoms with Crippen LogP contribution in [0.2, 0.25) is 0 Å². The van der Waals surface area contributed by atoms with Crippen LogP contribution in [0.15, 0.2) is 0 Å². The van der Waals surface area contributed by atoms with E-state index in [2.05, 4.69) is 21.1 Å². The van der Waals surface area contributed by atoms with Gasteiger partial charge in [0.25, 0.3) is 0 Å². The number of likely N-dealkylation sites (N-methyl/N-ethyl adjacent to an activating group) is 1. The Hall–Kier alpha value is 0.660. The summed E-state index contributed by atoms with van der Waals surface area (Å²) in [5, 5.41) is 8.39. The van der Waals surface area contributed by atoms with E-state index in [9.17, 15) is 0 Å². The van der Waals surface area contributed by atoms with Crippen molar-refractivity contribution in [2.45, 2.75) is 0 Å². The molecule has 55 valence electrons. The smallest absolute Gasteiger partial charge is 0.101 e. The normalized spacial score (nSPS) is 10.5. The summed E-state index contributed by atoms with van der Waals surface area (Å²) in [7, 11) is 6.16. The van der Waals surface area contributed by atoms with E-state index in [1.54, 1.807) is 0 Å². The molecule has 0 fully saturated rings. The molecule has 0 unspecified atom stereocenters. The van der Waals surface area contributed by atoms with E-state index in [4.69, 9.17) is 5.11 Å². The maximum absolute atomic E-state index is 8.39. The van der Waals surface area contributed by atoms with Crippen LogP contribution < -0.4 is 0 Å². The number of hydrogen-bond acceptors (Lipinski definition) is 1. The van der Waals surface area contributed by atoms with Crippen LogP contribution in [0, 0.1) is 0 Å². The van der Waals surface area contributed by atoms with Crippen LogP contribution in [0.5, 0.6) is 0 Å². The molecule has 0 heterocycles. The Labute approximate surface area is 66.6 Å². The second-order valence-electron chi connectivity index (χ2n) is 2.74. The van der Waals surface area contributed by atoms with E-state index in [1.807, 2.05) is 0 Å². The fourth-order valence-electron chi connectivity index (χ4n) is 0.300. The Morgan fingerprint density at radius 1 is 1.25 bits per heavy atom. The van der Waals surface area contributed by atoms with E-state index < -0.39 is 0 Å². The van der Waals surface area contributed by atoms with Gasteiger partial charge in [-0.15, -0.1) is 0 Å². The number of rotatable bonds is 2. The maximum Gasteiger partial charge on any atom is 0.101 e. The van der Waals surface area contributed by atoms with Gasteiger partial charge in [-0.3, -0.25) is 0 Å². The zero-order valence-electron chi connectivity index (χ0n) is 5.61. The molecule has 8 heavy (non-hydrogen) atoms. The maximum atomic E-state index is 8.39. The summed E-state index contributed by atoms with van der Waals surface area (Å²) in [6.45, 7) is 1.11. The van der Waals surface area contributed by atoms with Crippen molar-refractivity contribution < 1.29 is 32.0 Å². The average molecular weight is 301 g/mol. The molecule has 0 aliphatic rings. The van der Waals surface area contributed by atoms with Gasteiger partial charge in [0.1, 0.15) is 6.54 Å². The number of quaternary nitrogens is 1. The average Bonchev–Trinajstić information content (AvgIpc) is 1.30. The molecular formula is C5H14AuNO+. The summed E-state index contributed by atoms with van der Waals surface area (Å²) in [5.41, 5.74) is 0. The minimum absolute atomic E-state index is 0. The molecule has 0 rings (SSSR count). The monoisotopic (exact) mass is 301 g/mol. The topological polar surface area (TPSA) is 20.2 Å². The van der Waals surface area contributed by atoms with Crippen molar-refractivity contribution in [1.82, 2.24) is 0 Å². The molecule has 2 nitrogen and oxygen atoms in total. The van der Waals surface area contributed by atoms with Crippen LogP contribution in [-0.4, -0.2) is 43.9 Å². The first kappa shape index (κ1) is 11.5. The summed E-state index contributed by atoms with van der Waals surface area (Å²) in [6.07, 6.45) is 0. The van der Waals surface area contributed by atoms with Gasteiger partial charge in [-0.05, 0) is 0 Å². The summed E-state index contributed by atoms with van der Waals surface area (Å²) >= 11 is 0. The Bertz CT molecular complexity index is 50.9. The first-order chi connectivity index (χ1) is 3.06. The van der Waals surface area contributed by atoms with E-state index in [1.165, 1.54) is 0 Å². The third-order valence-electron chi connectivity index (χ3n) is 0.771. The van der Waals surface area contributed by atoms with E-state index in [0.717, 1.165) is 11.0 Å². The van der Waals surface area contributed by atoms with E-state index >= 15 is 0 Å². The second-order valence-corrected chi connectivity index (χ2v) is 2.74. The van der Waals surface area contributed by atoms with Crippen LogP contribution in [0.3, 0.4) is 0 Å². The Morgan fingerprint density at radius 3 is 1.62 bits per heavy atom. The molecule has 0 saturated heterocycles. The van der Waals surface area contributed by atoms with Crippen molar-refractivity contribution in [3.8, 4) is 0 Å². The third-order valence-corrected chi connectivity index (χ3v) is 0.771. The molecule has 0 aliphatic carbocycles. The molecule has 1 radical (unpaired) electrons. The molecule has 0 spiro atoms. The van der Waals surface area contributed by atoms with Crippen LogP contribution in [0.1, 0.15) is 0 Å². The van der Waals surface area contributed by atoms with Crippen LogP contribution in [0.25, 0.3) is 0 Å². The van der Waals surface area contributed by atoms with Crippen LogP contribution in [0.4, 0.5) is 0 Å². The van der Waals surface area contributed by atoms with Crippen LogP contribution >= 0.6 is 0 Å². The number of hydrogen-bond donors (Lipinski definition) is 1. The predicted molar refractivity (Wildman–Crippen MR) is 30.0 cm³/mol. The Morgan fingerprint density at radius 2 is 1.62 bits per heavy atom. The Kier molecular flexibility index (Phi) is 6.49. The molecule has 0 bridgehead atoms. The number of aliphatic hydroxyl groups excluding tert-OH is 1. The van der Waals surface area contributed by atoms with Crippen molar-refractivity contribution in [1.29, 1.82) is 0 Å². The minimum atomic E-state index is 0. The van der Waals surface area contributed by atoms with E-state index in [-0.39, 0.29) is 29.0 Å². The van der Waals surface area contributed by atoms with Crippen molar-refractivity contribution in [2.24, 2.45) is 0 Å². The second kappa shape index (κ2) is 4.53. The van der Waals surface area contributed by atoms with Gasteiger partial charge < -0.3 is 9.59 Å². The molecule has 0 aromatic heterocycles. The summed E-state index contributed by atoms with van der Waals surface area (Å²) in [6, 6.07) is 0. The fraction of sp³-hybridized carbons (Fsp3) is 1.00. The molecule has 0 aromatic rings. The molecule has 0 amide bonds. The van der Waals surface area contributed by atoms with Gasteiger partial charge in [0.05, 0.1) is 27.7 Å². The van der Waals surface area contributed by atoms with Gasteiger partial charge in [0, 0.05) is 22.4 Å². The van der Waals surface area contributed by atoms with Crippen molar-refractivity contribution in [2.75, 3.05) is 34.3 Å². The predicted octanol–water partition coefficient (Wildman–Crippen LogP) is -0.318. The zero-order valence-corrected chi connectivity index (χ0v) is 7.78. The van der Waals surface area contributed by atoms with Crippen molar-refractivity contribution in [3.05, 3.63) is 0 Å². The number of aliphatic hydroxyl groups is 1. The summed E-state index contributed by atoms with van der Waals surface area (Å²) in [4.78, 5) is 0. The zero-order chi connectivity index (χ0) is 5.91. The van der Waals surface area contributed by atoms with Crippen LogP contribution in [-0.2, 0) is 22.4 Å². The molecule has 1 N–H and O–H groups in total. The quantitative estimate of drug-likeness (QED) is 0.548. The standard InChI is InChI=1S/C5H14NO.Au/c1-6(2,3)4-5-7;/h7H,4-5H2,1-3H3;/q+1;. The van der Waals surface area contributed by atoms with Gasteiger partial charge in [0.2, 0.25) is 0 Å². The van der Waals surface area contributed by atoms with E-state index in [0.29, 0.717) is 0 Å². The van der Waals surface area contributed by atoms with Crippen molar-refractivity contribution >= 4 is 0 Å². The molecule has 0 aromatic carbocycles. The summed E-state index contributed by atoms with van der Waals surface area (Å²) in [5.74, 6) is 0. The molecule has 3 heteroatoms. The van der Waals surface area contributed by atoms with Gasteiger partial charge in [-0.25, -0.2) is 0 Å². The fourth-order valence-corrected chi connectivity index (χ4v) is 0.300. The molecule has 0 saturated carbocycles. The molecular weight excluding hydrogens is 287 g/mol. The SMILES string of the molecule is C[N+](C)(C)CCO.[Au].